The van der Waals surface area contributed by atoms with E-state index in [4.69, 9.17) is 0 Å². The monoisotopic (exact) mass is 276 g/mol. The molecule has 0 nitrogen and oxygen atoms in total. The second-order valence-electron chi connectivity index (χ2n) is 6.56. The van der Waals surface area contributed by atoms with Crippen LogP contribution in [-0.4, -0.2) is 12.0 Å². The first-order valence-electron chi connectivity index (χ1n) is 7.67. The quantitative estimate of drug-likeness (QED) is 0.625. The molecule has 19 heavy (non-hydrogen) atoms. The highest BCUT2D eigenvalue weighted by atomic mass is 32.2. The van der Waals surface area contributed by atoms with E-state index >= 15 is 0 Å². The van der Waals surface area contributed by atoms with E-state index in [1.54, 1.807) is 5.56 Å². The van der Waals surface area contributed by atoms with Crippen molar-refractivity contribution in [3.8, 4) is 0 Å². The molecule has 1 aliphatic carbocycles. The van der Waals surface area contributed by atoms with E-state index in [9.17, 15) is 0 Å². The second-order valence-corrected chi connectivity index (χ2v) is 7.55. The zero-order chi connectivity index (χ0) is 13.8. The topological polar surface area (TPSA) is 0 Å². The average Bonchev–Trinajstić information content (AvgIpc) is 2.44. The summed E-state index contributed by atoms with van der Waals surface area (Å²) in [4.78, 5) is 0. The van der Waals surface area contributed by atoms with E-state index in [-0.39, 0.29) is 0 Å². The summed E-state index contributed by atoms with van der Waals surface area (Å²) in [7, 11) is 0. The van der Waals surface area contributed by atoms with E-state index in [0.29, 0.717) is 10.8 Å². The lowest BCUT2D eigenvalue weighted by Gasteiger charge is -2.51. The Morgan fingerprint density at radius 2 is 1.74 bits per heavy atom. The molecule has 2 atom stereocenters. The zero-order valence-corrected chi connectivity index (χ0v) is 13.6. The zero-order valence-electron chi connectivity index (χ0n) is 12.7. The molecule has 0 amide bonds. The first kappa shape index (κ1) is 15.0. The van der Waals surface area contributed by atoms with Gasteiger partial charge in [0.15, 0.2) is 0 Å². The van der Waals surface area contributed by atoms with E-state index in [2.05, 4.69) is 50.4 Å². The predicted molar refractivity (Wildman–Crippen MR) is 88.0 cm³/mol. The molecule has 1 aromatic rings. The van der Waals surface area contributed by atoms with E-state index < -0.39 is 0 Å². The number of hydrogen-bond acceptors (Lipinski definition) is 1. The van der Waals surface area contributed by atoms with Crippen LogP contribution in [0.5, 0.6) is 0 Å². The van der Waals surface area contributed by atoms with E-state index in [1.807, 2.05) is 11.8 Å². The molecule has 1 saturated carbocycles. The highest BCUT2D eigenvalue weighted by molar-refractivity contribution is 7.98. The van der Waals surface area contributed by atoms with Crippen LogP contribution in [0.3, 0.4) is 0 Å². The van der Waals surface area contributed by atoms with Gasteiger partial charge in [-0.05, 0) is 54.1 Å². The van der Waals surface area contributed by atoms with Crippen LogP contribution in [0, 0.1) is 5.41 Å². The molecule has 0 unspecified atom stereocenters. The predicted octanol–water partition coefficient (Wildman–Crippen LogP) is 5.67. The molecule has 0 heterocycles. The van der Waals surface area contributed by atoms with Crippen LogP contribution in [0.4, 0.5) is 0 Å². The molecule has 2 rings (SSSR count). The van der Waals surface area contributed by atoms with E-state index in [1.165, 1.54) is 44.3 Å². The Morgan fingerprint density at radius 3 is 2.42 bits per heavy atom. The number of benzene rings is 1. The molecule has 1 aromatic carbocycles. The molecule has 0 aliphatic heterocycles. The fraction of sp³-hybridized carbons (Fsp3) is 0.667. The molecule has 0 bridgehead atoms. The van der Waals surface area contributed by atoms with Gasteiger partial charge in [-0.15, -0.1) is 0 Å². The maximum atomic E-state index is 2.54. The molecule has 0 N–H and O–H groups in total. The standard InChI is InChI=1S/C18H28S/c1-17(13-9-15-19-3)12-7-8-14-18(17,2)16-10-5-4-6-11-16/h4-6,10-11H,7-9,12-15H2,1-3H3/t17-,18+/m0/s1. The fourth-order valence-corrected chi connectivity index (χ4v) is 4.31. The van der Waals surface area contributed by atoms with Crippen molar-refractivity contribution in [2.45, 2.75) is 57.8 Å². The third-order valence-electron chi connectivity index (χ3n) is 5.48. The van der Waals surface area contributed by atoms with Crippen molar-refractivity contribution in [3.63, 3.8) is 0 Å². The van der Waals surface area contributed by atoms with Crippen LogP contribution < -0.4 is 0 Å². The molecule has 106 valence electrons. The van der Waals surface area contributed by atoms with Crippen LogP contribution in [-0.2, 0) is 5.41 Å². The summed E-state index contributed by atoms with van der Waals surface area (Å²) >= 11 is 1.98. The van der Waals surface area contributed by atoms with Crippen molar-refractivity contribution in [1.29, 1.82) is 0 Å². The maximum absolute atomic E-state index is 2.54. The smallest absolute Gasteiger partial charge is 0.00215 e. The largest absolute Gasteiger partial charge is 0.165 e. The van der Waals surface area contributed by atoms with Gasteiger partial charge in [0.25, 0.3) is 0 Å². The molecular formula is C18H28S. The van der Waals surface area contributed by atoms with Gasteiger partial charge in [0, 0.05) is 0 Å². The van der Waals surface area contributed by atoms with Crippen molar-refractivity contribution in [3.05, 3.63) is 35.9 Å². The summed E-state index contributed by atoms with van der Waals surface area (Å²) in [6.45, 7) is 5.06. The van der Waals surface area contributed by atoms with Gasteiger partial charge in [-0.25, -0.2) is 0 Å². The molecule has 1 aliphatic rings. The fourth-order valence-electron chi connectivity index (χ4n) is 3.88. The lowest BCUT2D eigenvalue weighted by atomic mass is 9.53. The van der Waals surface area contributed by atoms with Gasteiger partial charge in [-0.3, -0.25) is 0 Å². The minimum absolute atomic E-state index is 0.366. The summed E-state index contributed by atoms with van der Waals surface area (Å²) in [6, 6.07) is 11.2. The Hall–Kier alpha value is -0.430. The Labute approximate surface area is 123 Å². The SMILES string of the molecule is CSCCC[C@]1(C)CCCC[C@]1(C)c1ccccc1. The van der Waals surface area contributed by atoms with Gasteiger partial charge in [0.05, 0.1) is 0 Å². The third kappa shape index (κ3) is 3.02. The van der Waals surface area contributed by atoms with Gasteiger partial charge in [0.1, 0.15) is 0 Å². The maximum Gasteiger partial charge on any atom is -0.00215 e. The van der Waals surface area contributed by atoms with Gasteiger partial charge < -0.3 is 0 Å². The van der Waals surface area contributed by atoms with Crippen LogP contribution in [0.25, 0.3) is 0 Å². The molecular weight excluding hydrogens is 248 g/mol. The van der Waals surface area contributed by atoms with Gasteiger partial charge >= 0.3 is 0 Å². The Bertz CT molecular complexity index is 386. The minimum Gasteiger partial charge on any atom is -0.165 e. The lowest BCUT2D eigenvalue weighted by Crippen LogP contribution is -2.44. The Kier molecular flexibility index (Phi) is 5.00. The summed E-state index contributed by atoms with van der Waals surface area (Å²) in [5.41, 5.74) is 2.40. The van der Waals surface area contributed by atoms with Crippen molar-refractivity contribution in [1.82, 2.24) is 0 Å². The number of hydrogen-bond donors (Lipinski definition) is 0. The third-order valence-corrected chi connectivity index (χ3v) is 6.17. The van der Waals surface area contributed by atoms with Crippen LogP contribution in [0.1, 0.15) is 57.9 Å². The van der Waals surface area contributed by atoms with Gasteiger partial charge in [-0.2, -0.15) is 11.8 Å². The van der Waals surface area contributed by atoms with Crippen molar-refractivity contribution in [2.24, 2.45) is 5.41 Å². The Balaban J connectivity index is 2.23. The lowest BCUT2D eigenvalue weighted by molar-refractivity contribution is 0.0771. The Morgan fingerprint density at radius 1 is 1.05 bits per heavy atom. The molecule has 1 heteroatoms. The first-order chi connectivity index (χ1) is 9.12. The van der Waals surface area contributed by atoms with Crippen LogP contribution in [0.15, 0.2) is 30.3 Å². The highest BCUT2D eigenvalue weighted by Crippen LogP contribution is 2.54. The van der Waals surface area contributed by atoms with Crippen molar-refractivity contribution < 1.29 is 0 Å². The molecule has 0 radical (unpaired) electrons. The number of rotatable bonds is 5. The van der Waals surface area contributed by atoms with Crippen molar-refractivity contribution >= 4 is 11.8 Å². The molecule has 1 fully saturated rings. The molecule has 0 saturated heterocycles. The molecule has 0 aromatic heterocycles. The van der Waals surface area contributed by atoms with Crippen molar-refractivity contribution in [2.75, 3.05) is 12.0 Å². The average molecular weight is 276 g/mol. The summed E-state index contributed by atoms with van der Waals surface area (Å²) in [5.74, 6) is 1.31. The highest BCUT2D eigenvalue weighted by Gasteiger charge is 2.46. The van der Waals surface area contributed by atoms with Gasteiger partial charge in [0.2, 0.25) is 0 Å². The summed E-state index contributed by atoms with van der Waals surface area (Å²) in [6.07, 6.45) is 10.5. The second kappa shape index (κ2) is 6.35. The van der Waals surface area contributed by atoms with E-state index in [0.717, 1.165) is 0 Å². The summed E-state index contributed by atoms with van der Waals surface area (Å²) in [5, 5.41) is 0. The van der Waals surface area contributed by atoms with Crippen LogP contribution in [0.2, 0.25) is 0 Å². The first-order valence-corrected chi connectivity index (χ1v) is 9.06. The van der Waals surface area contributed by atoms with Crippen LogP contribution >= 0.6 is 11.8 Å². The minimum atomic E-state index is 0.366. The normalized spacial score (nSPS) is 31.3. The summed E-state index contributed by atoms with van der Waals surface area (Å²) < 4.78 is 0. The van der Waals surface area contributed by atoms with Gasteiger partial charge in [-0.1, -0.05) is 57.0 Å². The molecule has 0 spiro atoms. The number of thioether (sulfide) groups is 1.